The molecule has 1 aliphatic carbocycles. The van der Waals surface area contributed by atoms with Crippen LogP contribution in [0.25, 0.3) is 0 Å². The lowest BCUT2D eigenvalue weighted by Crippen LogP contribution is -2.42. The molecule has 0 amide bonds. The second-order valence-electron chi connectivity index (χ2n) is 5.22. The highest BCUT2D eigenvalue weighted by Crippen LogP contribution is 2.28. The van der Waals surface area contributed by atoms with Crippen LogP contribution in [-0.2, 0) is 0 Å². The summed E-state index contributed by atoms with van der Waals surface area (Å²) in [6, 6.07) is 1.52. The third-order valence-electron chi connectivity index (χ3n) is 4.11. The number of rotatable bonds is 5. The van der Waals surface area contributed by atoms with E-state index in [1.807, 2.05) is 0 Å². The van der Waals surface area contributed by atoms with Crippen LogP contribution < -0.4 is 5.73 Å². The van der Waals surface area contributed by atoms with Crippen molar-refractivity contribution in [1.82, 2.24) is 4.90 Å². The summed E-state index contributed by atoms with van der Waals surface area (Å²) in [6.07, 6.45) is 7.98. The third kappa shape index (κ3) is 3.76. The molecule has 2 nitrogen and oxygen atoms in total. The topological polar surface area (TPSA) is 29.3 Å². The average molecular weight is 212 g/mol. The van der Waals surface area contributed by atoms with Crippen LogP contribution in [0.3, 0.4) is 0 Å². The van der Waals surface area contributed by atoms with Gasteiger partial charge in [0, 0.05) is 12.1 Å². The first-order valence-corrected chi connectivity index (χ1v) is 6.61. The summed E-state index contributed by atoms with van der Waals surface area (Å²) in [5, 5.41) is 0. The highest BCUT2D eigenvalue weighted by atomic mass is 15.2. The molecular weight excluding hydrogens is 184 g/mol. The molecule has 0 aromatic heterocycles. The fourth-order valence-corrected chi connectivity index (χ4v) is 2.84. The molecule has 2 heteroatoms. The summed E-state index contributed by atoms with van der Waals surface area (Å²) in [7, 11) is 2.30. The minimum Gasteiger partial charge on any atom is -0.330 e. The van der Waals surface area contributed by atoms with Gasteiger partial charge in [-0.25, -0.2) is 0 Å². The molecule has 0 heterocycles. The van der Waals surface area contributed by atoms with E-state index in [9.17, 15) is 0 Å². The minimum absolute atomic E-state index is 0.702. The molecule has 0 bridgehead atoms. The first-order valence-electron chi connectivity index (χ1n) is 6.61. The molecule has 1 aliphatic rings. The maximum Gasteiger partial charge on any atom is 0.0104 e. The first kappa shape index (κ1) is 13.0. The molecule has 0 aromatic rings. The number of hydrogen-bond donors (Lipinski definition) is 1. The van der Waals surface area contributed by atoms with Crippen molar-refractivity contribution in [3.63, 3.8) is 0 Å². The summed E-state index contributed by atoms with van der Waals surface area (Å²) in [6.45, 7) is 5.49. The molecule has 1 fully saturated rings. The van der Waals surface area contributed by atoms with Gasteiger partial charge in [0.05, 0.1) is 0 Å². The zero-order valence-corrected chi connectivity index (χ0v) is 10.7. The van der Waals surface area contributed by atoms with Gasteiger partial charge in [-0.2, -0.15) is 0 Å². The largest absolute Gasteiger partial charge is 0.330 e. The molecule has 0 saturated heterocycles. The third-order valence-corrected chi connectivity index (χ3v) is 4.11. The lowest BCUT2D eigenvalue weighted by Gasteiger charge is -2.38. The normalized spacial score (nSPS) is 29.4. The highest BCUT2D eigenvalue weighted by molar-refractivity contribution is 4.80. The van der Waals surface area contributed by atoms with E-state index in [0.717, 1.165) is 24.9 Å². The van der Waals surface area contributed by atoms with Gasteiger partial charge in [0.2, 0.25) is 0 Å². The van der Waals surface area contributed by atoms with Crippen LogP contribution in [0.5, 0.6) is 0 Å². The number of hydrogen-bond acceptors (Lipinski definition) is 2. The summed E-state index contributed by atoms with van der Waals surface area (Å²) in [5.41, 5.74) is 5.67. The maximum atomic E-state index is 5.67. The Kier molecular flexibility index (Phi) is 5.62. The van der Waals surface area contributed by atoms with E-state index in [1.165, 1.54) is 32.1 Å². The molecule has 0 radical (unpaired) electrons. The Morgan fingerprint density at radius 3 is 2.33 bits per heavy atom. The molecule has 15 heavy (non-hydrogen) atoms. The van der Waals surface area contributed by atoms with Gasteiger partial charge < -0.3 is 10.6 Å². The van der Waals surface area contributed by atoms with E-state index in [4.69, 9.17) is 5.73 Å². The Morgan fingerprint density at radius 1 is 1.27 bits per heavy atom. The van der Waals surface area contributed by atoms with E-state index in [-0.39, 0.29) is 0 Å². The van der Waals surface area contributed by atoms with Gasteiger partial charge in [0.15, 0.2) is 0 Å². The van der Waals surface area contributed by atoms with Crippen molar-refractivity contribution in [2.45, 2.75) is 64.5 Å². The van der Waals surface area contributed by atoms with E-state index in [2.05, 4.69) is 25.8 Å². The van der Waals surface area contributed by atoms with Crippen molar-refractivity contribution in [3.8, 4) is 0 Å². The standard InChI is InChI=1S/C13H28N2/c1-4-12(9-10-14)15(3)13-7-5-11(2)6-8-13/h11-13H,4-10,14H2,1-3H3. The van der Waals surface area contributed by atoms with Crippen molar-refractivity contribution < 1.29 is 0 Å². The second kappa shape index (κ2) is 6.49. The van der Waals surface area contributed by atoms with E-state index < -0.39 is 0 Å². The lowest BCUT2D eigenvalue weighted by atomic mass is 9.86. The summed E-state index contributed by atoms with van der Waals surface area (Å²) in [5.74, 6) is 0.948. The summed E-state index contributed by atoms with van der Waals surface area (Å²) in [4.78, 5) is 2.60. The molecule has 0 spiro atoms. The van der Waals surface area contributed by atoms with E-state index >= 15 is 0 Å². The predicted molar refractivity (Wildman–Crippen MR) is 66.9 cm³/mol. The van der Waals surface area contributed by atoms with Crippen molar-refractivity contribution >= 4 is 0 Å². The first-order chi connectivity index (χ1) is 7.19. The number of nitrogens with zero attached hydrogens (tertiary/aromatic N) is 1. The molecular formula is C13H28N2. The molecule has 1 atom stereocenters. The minimum atomic E-state index is 0.702. The zero-order chi connectivity index (χ0) is 11.3. The van der Waals surface area contributed by atoms with Crippen molar-refractivity contribution in [3.05, 3.63) is 0 Å². The highest BCUT2D eigenvalue weighted by Gasteiger charge is 2.25. The average Bonchev–Trinajstić information content (AvgIpc) is 2.26. The van der Waals surface area contributed by atoms with E-state index in [1.54, 1.807) is 0 Å². The summed E-state index contributed by atoms with van der Waals surface area (Å²) >= 11 is 0. The van der Waals surface area contributed by atoms with Gasteiger partial charge in [-0.15, -0.1) is 0 Å². The van der Waals surface area contributed by atoms with Gasteiger partial charge in [0.1, 0.15) is 0 Å². The van der Waals surface area contributed by atoms with Crippen LogP contribution in [0, 0.1) is 5.92 Å². The van der Waals surface area contributed by atoms with Gasteiger partial charge in [-0.3, -0.25) is 0 Å². The SMILES string of the molecule is CCC(CCN)N(C)C1CCC(C)CC1. The summed E-state index contributed by atoms with van der Waals surface area (Å²) < 4.78 is 0. The molecule has 90 valence electrons. The van der Waals surface area contributed by atoms with Crippen LogP contribution >= 0.6 is 0 Å². The predicted octanol–water partition coefficient (Wildman–Crippen LogP) is 2.62. The zero-order valence-electron chi connectivity index (χ0n) is 10.7. The quantitative estimate of drug-likeness (QED) is 0.759. The Hall–Kier alpha value is -0.0800. The maximum absolute atomic E-state index is 5.67. The smallest absolute Gasteiger partial charge is 0.0104 e. The Morgan fingerprint density at radius 2 is 1.87 bits per heavy atom. The number of nitrogens with two attached hydrogens (primary N) is 1. The molecule has 0 aromatic carbocycles. The Labute approximate surface area is 95.2 Å². The Balaban J connectivity index is 2.40. The van der Waals surface area contributed by atoms with Crippen LogP contribution in [0.2, 0.25) is 0 Å². The Bertz CT molecular complexity index is 162. The monoisotopic (exact) mass is 212 g/mol. The molecule has 2 N–H and O–H groups in total. The van der Waals surface area contributed by atoms with Crippen molar-refractivity contribution in [1.29, 1.82) is 0 Å². The van der Waals surface area contributed by atoms with E-state index in [0.29, 0.717) is 6.04 Å². The lowest BCUT2D eigenvalue weighted by molar-refractivity contribution is 0.116. The van der Waals surface area contributed by atoms with Crippen LogP contribution in [0.15, 0.2) is 0 Å². The van der Waals surface area contributed by atoms with Crippen molar-refractivity contribution in [2.24, 2.45) is 11.7 Å². The molecule has 0 aliphatic heterocycles. The van der Waals surface area contributed by atoms with Gasteiger partial charge in [-0.1, -0.05) is 13.8 Å². The van der Waals surface area contributed by atoms with Gasteiger partial charge in [0.25, 0.3) is 0 Å². The van der Waals surface area contributed by atoms with Gasteiger partial charge >= 0.3 is 0 Å². The second-order valence-corrected chi connectivity index (χ2v) is 5.22. The van der Waals surface area contributed by atoms with Gasteiger partial charge in [-0.05, 0) is 58.0 Å². The van der Waals surface area contributed by atoms with Crippen LogP contribution in [0.1, 0.15) is 52.4 Å². The van der Waals surface area contributed by atoms with Crippen molar-refractivity contribution in [2.75, 3.05) is 13.6 Å². The molecule has 1 unspecified atom stereocenters. The molecule has 1 rings (SSSR count). The molecule has 1 saturated carbocycles. The fourth-order valence-electron chi connectivity index (χ4n) is 2.84. The van der Waals surface area contributed by atoms with Crippen LogP contribution in [0.4, 0.5) is 0 Å². The fraction of sp³-hybridized carbons (Fsp3) is 1.00. The van der Waals surface area contributed by atoms with Crippen LogP contribution in [-0.4, -0.2) is 30.6 Å².